The number of aryl methyl sites for hydroxylation is 1. The van der Waals surface area contributed by atoms with Crippen molar-refractivity contribution in [2.24, 2.45) is 0 Å². The summed E-state index contributed by atoms with van der Waals surface area (Å²) in [6.07, 6.45) is 0. The molecule has 2 aromatic carbocycles. The second-order valence-corrected chi connectivity index (χ2v) is 4.51. The van der Waals surface area contributed by atoms with Crippen LogP contribution in [0.5, 0.6) is 5.75 Å². The van der Waals surface area contributed by atoms with E-state index in [0.717, 1.165) is 16.7 Å². The standard InChI is InChI=1S/C16H12O2/c1-9-7-8-12-10(2)11-5-3-4-6-13(11)16(18)14(12)15(9)17/h3-8,17H,2H2,1H3. The zero-order chi connectivity index (χ0) is 12.9. The molecule has 0 spiro atoms. The molecule has 1 N–H and O–H groups in total. The van der Waals surface area contributed by atoms with Crippen LogP contribution < -0.4 is 0 Å². The number of ketones is 1. The highest BCUT2D eigenvalue weighted by atomic mass is 16.3. The molecule has 0 saturated carbocycles. The van der Waals surface area contributed by atoms with E-state index in [4.69, 9.17) is 0 Å². The third-order valence-corrected chi connectivity index (χ3v) is 3.43. The SMILES string of the molecule is C=C1c2ccccc2C(=O)c2c1ccc(C)c2O. The molecule has 0 aromatic heterocycles. The summed E-state index contributed by atoms with van der Waals surface area (Å²) in [6.45, 7) is 5.82. The van der Waals surface area contributed by atoms with E-state index in [1.165, 1.54) is 0 Å². The monoisotopic (exact) mass is 236 g/mol. The summed E-state index contributed by atoms with van der Waals surface area (Å²) in [6, 6.07) is 11.0. The second kappa shape index (κ2) is 3.57. The lowest BCUT2D eigenvalue weighted by atomic mass is 9.81. The Morgan fingerprint density at radius 3 is 2.39 bits per heavy atom. The molecule has 2 nitrogen and oxygen atoms in total. The second-order valence-electron chi connectivity index (χ2n) is 4.51. The van der Waals surface area contributed by atoms with Gasteiger partial charge in [0.25, 0.3) is 0 Å². The summed E-state index contributed by atoms with van der Waals surface area (Å²) < 4.78 is 0. The van der Waals surface area contributed by atoms with Crippen molar-refractivity contribution in [1.82, 2.24) is 0 Å². The Bertz CT molecular complexity index is 696. The smallest absolute Gasteiger partial charge is 0.198 e. The van der Waals surface area contributed by atoms with Crippen LogP contribution in [-0.2, 0) is 0 Å². The fourth-order valence-corrected chi connectivity index (χ4v) is 2.40. The maximum atomic E-state index is 12.4. The highest BCUT2D eigenvalue weighted by Gasteiger charge is 2.28. The fraction of sp³-hybridized carbons (Fsp3) is 0.0625. The predicted octanol–water partition coefficient (Wildman–Crippen LogP) is 3.31. The van der Waals surface area contributed by atoms with Crippen molar-refractivity contribution >= 4 is 11.4 Å². The Hall–Kier alpha value is -2.35. The Morgan fingerprint density at radius 1 is 1.00 bits per heavy atom. The highest BCUT2D eigenvalue weighted by molar-refractivity contribution is 6.20. The molecule has 18 heavy (non-hydrogen) atoms. The van der Waals surface area contributed by atoms with Gasteiger partial charge in [0.05, 0.1) is 5.56 Å². The summed E-state index contributed by atoms with van der Waals surface area (Å²) in [5.41, 5.74) is 4.04. The molecule has 0 heterocycles. The maximum absolute atomic E-state index is 12.4. The summed E-state index contributed by atoms with van der Waals surface area (Å²) in [7, 11) is 0. The molecule has 0 radical (unpaired) electrons. The van der Waals surface area contributed by atoms with Crippen LogP contribution in [0, 0.1) is 6.92 Å². The molecule has 3 rings (SSSR count). The molecular weight excluding hydrogens is 224 g/mol. The first kappa shape index (κ1) is 10.8. The van der Waals surface area contributed by atoms with E-state index in [9.17, 15) is 9.90 Å². The van der Waals surface area contributed by atoms with E-state index >= 15 is 0 Å². The van der Waals surface area contributed by atoms with Gasteiger partial charge in [0, 0.05) is 5.56 Å². The number of rotatable bonds is 0. The lowest BCUT2D eigenvalue weighted by Crippen LogP contribution is -2.14. The fourth-order valence-electron chi connectivity index (χ4n) is 2.40. The quantitative estimate of drug-likeness (QED) is 0.650. The van der Waals surface area contributed by atoms with E-state index in [2.05, 4.69) is 6.58 Å². The highest BCUT2D eigenvalue weighted by Crippen LogP contribution is 2.39. The van der Waals surface area contributed by atoms with E-state index in [-0.39, 0.29) is 11.5 Å². The topological polar surface area (TPSA) is 37.3 Å². The Labute approximate surface area is 105 Å². The van der Waals surface area contributed by atoms with E-state index in [1.54, 1.807) is 19.1 Å². The molecule has 2 aromatic rings. The minimum atomic E-state index is -0.130. The van der Waals surface area contributed by atoms with Gasteiger partial charge in [-0.3, -0.25) is 4.79 Å². The summed E-state index contributed by atoms with van der Waals surface area (Å²) in [5.74, 6) is -0.0673. The van der Waals surface area contributed by atoms with Crippen LogP contribution >= 0.6 is 0 Å². The molecule has 0 amide bonds. The number of carbonyl (C=O) groups excluding carboxylic acids is 1. The Kier molecular flexibility index (Phi) is 2.14. The average molecular weight is 236 g/mol. The van der Waals surface area contributed by atoms with Crippen molar-refractivity contribution in [3.8, 4) is 5.75 Å². The molecule has 88 valence electrons. The maximum Gasteiger partial charge on any atom is 0.198 e. The number of hydrogen-bond donors (Lipinski definition) is 1. The van der Waals surface area contributed by atoms with E-state index in [1.807, 2.05) is 24.3 Å². The number of fused-ring (bicyclic) bond motifs is 2. The van der Waals surface area contributed by atoms with Gasteiger partial charge in [-0.1, -0.05) is 43.0 Å². The van der Waals surface area contributed by atoms with Gasteiger partial charge in [-0.25, -0.2) is 0 Å². The number of phenolic OH excluding ortho intramolecular Hbond substituents is 1. The van der Waals surface area contributed by atoms with Crippen LogP contribution in [-0.4, -0.2) is 10.9 Å². The molecule has 0 bridgehead atoms. The number of aromatic hydroxyl groups is 1. The number of hydrogen-bond acceptors (Lipinski definition) is 2. The van der Waals surface area contributed by atoms with Crippen molar-refractivity contribution in [3.05, 3.63) is 70.8 Å². The molecule has 0 atom stereocenters. The van der Waals surface area contributed by atoms with Crippen molar-refractivity contribution in [1.29, 1.82) is 0 Å². The minimum Gasteiger partial charge on any atom is -0.507 e. The first-order chi connectivity index (χ1) is 8.61. The van der Waals surface area contributed by atoms with Crippen LogP contribution in [0.15, 0.2) is 43.0 Å². The zero-order valence-electron chi connectivity index (χ0n) is 10.0. The van der Waals surface area contributed by atoms with Gasteiger partial charge >= 0.3 is 0 Å². The van der Waals surface area contributed by atoms with Gasteiger partial charge in [-0.2, -0.15) is 0 Å². The summed E-state index contributed by atoms with van der Waals surface area (Å²) >= 11 is 0. The first-order valence-corrected chi connectivity index (χ1v) is 5.77. The first-order valence-electron chi connectivity index (χ1n) is 5.77. The van der Waals surface area contributed by atoms with Gasteiger partial charge in [-0.05, 0) is 29.2 Å². The lowest BCUT2D eigenvalue weighted by molar-refractivity contribution is 0.103. The van der Waals surface area contributed by atoms with E-state index < -0.39 is 0 Å². The molecular formula is C16H12O2. The molecule has 0 aliphatic heterocycles. The lowest BCUT2D eigenvalue weighted by Gasteiger charge is -2.22. The van der Waals surface area contributed by atoms with Crippen LogP contribution in [0.4, 0.5) is 0 Å². The van der Waals surface area contributed by atoms with Crippen LogP contribution in [0.1, 0.15) is 32.6 Å². The molecule has 0 fully saturated rings. The number of phenols is 1. The Balaban J connectivity index is 2.38. The summed E-state index contributed by atoms with van der Waals surface area (Å²) in [5, 5.41) is 10.1. The zero-order valence-corrected chi connectivity index (χ0v) is 10.0. The molecule has 1 aliphatic carbocycles. The van der Waals surface area contributed by atoms with Crippen molar-refractivity contribution in [3.63, 3.8) is 0 Å². The molecule has 2 heteroatoms. The predicted molar refractivity (Wildman–Crippen MR) is 70.9 cm³/mol. The van der Waals surface area contributed by atoms with Crippen molar-refractivity contribution in [2.45, 2.75) is 6.92 Å². The van der Waals surface area contributed by atoms with E-state index in [0.29, 0.717) is 16.7 Å². The molecule has 0 unspecified atom stereocenters. The Morgan fingerprint density at radius 2 is 1.67 bits per heavy atom. The minimum absolute atomic E-state index is 0.0631. The van der Waals surface area contributed by atoms with Crippen LogP contribution in [0.25, 0.3) is 5.57 Å². The van der Waals surface area contributed by atoms with Gasteiger partial charge in [0.1, 0.15) is 5.75 Å². The van der Waals surface area contributed by atoms with Gasteiger partial charge in [0.15, 0.2) is 5.78 Å². The third kappa shape index (κ3) is 1.26. The molecule has 0 saturated heterocycles. The molecule has 1 aliphatic rings. The van der Waals surface area contributed by atoms with Gasteiger partial charge < -0.3 is 5.11 Å². The van der Waals surface area contributed by atoms with Crippen LogP contribution in [0.2, 0.25) is 0 Å². The number of benzene rings is 2. The summed E-state index contributed by atoms with van der Waals surface area (Å²) in [4.78, 5) is 12.4. The van der Waals surface area contributed by atoms with Crippen molar-refractivity contribution in [2.75, 3.05) is 0 Å². The third-order valence-electron chi connectivity index (χ3n) is 3.43. The number of carbonyl (C=O) groups is 1. The van der Waals surface area contributed by atoms with Gasteiger partial charge in [0.2, 0.25) is 0 Å². The van der Waals surface area contributed by atoms with Gasteiger partial charge in [-0.15, -0.1) is 0 Å². The largest absolute Gasteiger partial charge is 0.507 e. The van der Waals surface area contributed by atoms with Crippen molar-refractivity contribution < 1.29 is 9.90 Å². The van der Waals surface area contributed by atoms with Crippen LogP contribution in [0.3, 0.4) is 0 Å². The normalized spacial score (nSPS) is 13.2. The average Bonchev–Trinajstić information content (AvgIpc) is 2.39.